The van der Waals surface area contributed by atoms with Gasteiger partial charge in [0.15, 0.2) is 6.23 Å². The summed E-state index contributed by atoms with van der Waals surface area (Å²) in [6, 6.07) is 6.00. The van der Waals surface area contributed by atoms with E-state index in [1.54, 1.807) is 29.3 Å². The summed E-state index contributed by atoms with van der Waals surface area (Å²) in [5.41, 5.74) is 1.56. The van der Waals surface area contributed by atoms with E-state index < -0.39 is 12.1 Å². The van der Waals surface area contributed by atoms with Gasteiger partial charge in [0, 0.05) is 6.20 Å². The first-order valence-electron chi connectivity index (χ1n) is 6.95. The van der Waals surface area contributed by atoms with Crippen molar-refractivity contribution in [3.8, 4) is 0 Å². The van der Waals surface area contributed by atoms with Crippen LogP contribution in [0.25, 0.3) is 6.20 Å². The van der Waals surface area contributed by atoms with Crippen LogP contribution >= 0.6 is 0 Å². The molecule has 3 rings (SSSR count). The zero-order valence-electron chi connectivity index (χ0n) is 12.4. The molecule has 2 heterocycles. The van der Waals surface area contributed by atoms with Crippen LogP contribution < -0.4 is 0 Å². The van der Waals surface area contributed by atoms with Crippen LogP contribution in [0.1, 0.15) is 24.6 Å². The lowest BCUT2D eigenvalue weighted by Crippen LogP contribution is -2.19. The summed E-state index contributed by atoms with van der Waals surface area (Å²) >= 11 is 0. The zero-order chi connectivity index (χ0) is 16.2. The Hall–Kier alpha value is -2.87. The highest BCUT2D eigenvalue weighted by Gasteiger charge is 2.25. The fourth-order valence-electron chi connectivity index (χ4n) is 2.42. The molecule has 3 aromatic rings. The van der Waals surface area contributed by atoms with Crippen molar-refractivity contribution in [2.45, 2.75) is 19.1 Å². The van der Waals surface area contributed by atoms with Crippen molar-refractivity contribution in [2.75, 3.05) is 0 Å². The average Bonchev–Trinajstić information content (AvgIpc) is 3.22. The molecule has 0 amide bonds. The first kappa shape index (κ1) is 15.0. The molecule has 1 N–H and O–H groups in total. The van der Waals surface area contributed by atoms with Crippen LogP contribution in [0.15, 0.2) is 55.1 Å². The van der Waals surface area contributed by atoms with E-state index in [-0.39, 0.29) is 5.82 Å². The first-order chi connectivity index (χ1) is 11.1. The molecule has 2 unspecified atom stereocenters. The third-order valence-corrected chi connectivity index (χ3v) is 3.50. The summed E-state index contributed by atoms with van der Waals surface area (Å²) < 4.78 is 16.1. The normalized spacial score (nSPS) is 14.7. The van der Waals surface area contributed by atoms with Crippen molar-refractivity contribution in [3.63, 3.8) is 0 Å². The Bertz CT molecular complexity index is 767. The van der Waals surface area contributed by atoms with Gasteiger partial charge in [0.25, 0.3) is 0 Å². The van der Waals surface area contributed by atoms with E-state index >= 15 is 0 Å². The van der Waals surface area contributed by atoms with Gasteiger partial charge < -0.3 is 5.11 Å². The second kappa shape index (κ2) is 6.49. The van der Waals surface area contributed by atoms with E-state index in [0.29, 0.717) is 0 Å². The number of rotatable bonds is 5. The summed E-state index contributed by atoms with van der Waals surface area (Å²) in [7, 11) is 0. The lowest BCUT2D eigenvalue weighted by molar-refractivity contribution is 0.0723. The van der Waals surface area contributed by atoms with Gasteiger partial charge in [-0.05, 0) is 30.2 Å². The largest absolute Gasteiger partial charge is 0.371 e. The third-order valence-electron chi connectivity index (χ3n) is 3.50. The van der Waals surface area contributed by atoms with Gasteiger partial charge in [-0.1, -0.05) is 12.1 Å². The summed E-state index contributed by atoms with van der Waals surface area (Å²) in [6.45, 7) is 1.86. The van der Waals surface area contributed by atoms with Gasteiger partial charge in [-0.2, -0.15) is 10.2 Å². The molecule has 7 nitrogen and oxygen atoms in total. The third kappa shape index (κ3) is 3.32. The molecule has 2 atom stereocenters. The second-order valence-corrected chi connectivity index (χ2v) is 5.07. The van der Waals surface area contributed by atoms with Crippen molar-refractivity contribution in [3.05, 3.63) is 66.5 Å². The van der Waals surface area contributed by atoms with Crippen LogP contribution in [0, 0.1) is 5.82 Å². The van der Waals surface area contributed by atoms with Crippen molar-refractivity contribution >= 4 is 6.20 Å². The van der Waals surface area contributed by atoms with Crippen LogP contribution in [0.2, 0.25) is 0 Å². The van der Waals surface area contributed by atoms with Crippen molar-refractivity contribution in [1.82, 2.24) is 29.5 Å². The lowest BCUT2D eigenvalue weighted by Gasteiger charge is -2.24. The molecule has 23 heavy (non-hydrogen) atoms. The maximum Gasteiger partial charge on any atom is 0.159 e. The van der Waals surface area contributed by atoms with Crippen LogP contribution in [0.5, 0.6) is 0 Å². The SMILES string of the molecule is CC(=Cn1cncn1)C(c1ccc(F)cc1)C(O)n1cncn1. The lowest BCUT2D eigenvalue weighted by atomic mass is 9.90. The van der Waals surface area contributed by atoms with Crippen LogP contribution in [-0.4, -0.2) is 34.6 Å². The summed E-state index contributed by atoms with van der Waals surface area (Å²) in [4.78, 5) is 7.73. The van der Waals surface area contributed by atoms with Gasteiger partial charge in [0.05, 0.1) is 5.92 Å². The molecule has 0 aliphatic rings. The highest BCUT2D eigenvalue weighted by Crippen LogP contribution is 2.33. The smallest absolute Gasteiger partial charge is 0.159 e. The topological polar surface area (TPSA) is 81.6 Å². The van der Waals surface area contributed by atoms with Crippen molar-refractivity contribution < 1.29 is 9.50 Å². The molecule has 0 fully saturated rings. The number of aliphatic hydroxyl groups is 1. The summed E-state index contributed by atoms with van der Waals surface area (Å²) in [5, 5.41) is 18.7. The van der Waals surface area contributed by atoms with Gasteiger partial charge in [0.2, 0.25) is 0 Å². The van der Waals surface area contributed by atoms with Crippen LogP contribution in [0.4, 0.5) is 4.39 Å². The fourth-order valence-corrected chi connectivity index (χ4v) is 2.42. The first-order valence-corrected chi connectivity index (χ1v) is 6.95. The Labute approximate surface area is 131 Å². The molecule has 1 aromatic carbocycles. The van der Waals surface area contributed by atoms with Gasteiger partial charge in [-0.25, -0.2) is 23.7 Å². The van der Waals surface area contributed by atoms with E-state index in [4.69, 9.17) is 0 Å². The minimum atomic E-state index is -0.984. The molecule has 0 spiro atoms. The molecule has 118 valence electrons. The second-order valence-electron chi connectivity index (χ2n) is 5.07. The van der Waals surface area contributed by atoms with Crippen LogP contribution in [-0.2, 0) is 0 Å². The predicted octanol–water partition coefficient (Wildman–Crippen LogP) is 1.84. The van der Waals surface area contributed by atoms with Gasteiger partial charge in [-0.3, -0.25) is 0 Å². The number of benzene rings is 1. The number of aliphatic hydroxyl groups excluding tert-OH is 1. The number of hydrogen-bond acceptors (Lipinski definition) is 5. The number of halogens is 1. The Morgan fingerprint density at radius 3 is 2.43 bits per heavy atom. The van der Waals surface area contributed by atoms with Gasteiger partial charge in [-0.15, -0.1) is 0 Å². The average molecular weight is 314 g/mol. The van der Waals surface area contributed by atoms with E-state index in [9.17, 15) is 9.50 Å². The minimum Gasteiger partial charge on any atom is -0.371 e. The molecule has 0 saturated carbocycles. The quantitative estimate of drug-likeness (QED) is 0.777. The molecule has 0 saturated heterocycles. The molecule has 0 bridgehead atoms. The maximum absolute atomic E-state index is 13.2. The van der Waals surface area contributed by atoms with Crippen LogP contribution in [0.3, 0.4) is 0 Å². The van der Waals surface area contributed by atoms with Crippen molar-refractivity contribution in [2.24, 2.45) is 0 Å². The van der Waals surface area contributed by atoms with E-state index in [1.807, 2.05) is 6.92 Å². The van der Waals surface area contributed by atoms with Gasteiger partial charge >= 0.3 is 0 Å². The van der Waals surface area contributed by atoms with E-state index in [2.05, 4.69) is 20.2 Å². The zero-order valence-corrected chi connectivity index (χ0v) is 12.4. The summed E-state index contributed by atoms with van der Waals surface area (Å²) in [5.74, 6) is -0.776. The highest BCUT2D eigenvalue weighted by atomic mass is 19.1. The highest BCUT2D eigenvalue weighted by molar-refractivity contribution is 5.38. The Morgan fingerprint density at radius 2 is 1.83 bits per heavy atom. The maximum atomic E-state index is 13.2. The molecule has 2 aromatic heterocycles. The van der Waals surface area contributed by atoms with Gasteiger partial charge in [0.1, 0.15) is 31.1 Å². The number of hydrogen-bond donors (Lipinski definition) is 1. The molecule has 0 aliphatic carbocycles. The predicted molar refractivity (Wildman–Crippen MR) is 80.4 cm³/mol. The Morgan fingerprint density at radius 1 is 1.13 bits per heavy atom. The fraction of sp³-hybridized carbons (Fsp3) is 0.200. The molecule has 0 aliphatic heterocycles. The standard InChI is InChI=1S/C15H15FN6O/c1-11(6-21-9-17-7-19-21)14(12-2-4-13(16)5-3-12)15(23)22-10-18-8-20-22/h2-10,14-15,23H,1H3. The Kier molecular flexibility index (Phi) is 4.24. The van der Waals surface area contributed by atoms with E-state index in [1.165, 1.54) is 35.8 Å². The monoisotopic (exact) mass is 314 g/mol. The number of nitrogens with zero attached hydrogens (tertiary/aromatic N) is 6. The minimum absolute atomic E-state index is 0.333. The number of aromatic nitrogens is 6. The molecular formula is C15H15FN6O. The van der Waals surface area contributed by atoms with Crippen molar-refractivity contribution in [1.29, 1.82) is 0 Å². The van der Waals surface area contributed by atoms with E-state index in [0.717, 1.165) is 11.1 Å². The summed E-state index contributed by atoms with van der Waals surface area (Å²) in [6.07, 6.45) is 6.52. The molecule has 8 heteroatoms. The molecule has 0 radical (unpaired) electrons. The molecular weight excluding hydrogens is 299 g/mol. The Balaban J connectivity index is 2.00.